The molecule has 5 nitrogen and oxygen atoms in total. The fourth-order valence-corrected chi connectivity index (χ4v) is 2.35. The molecule has 0 spiro atoms. The number of hydrogen-bond acceptors (Lipinski definition) is 5. The maximum atomic E-state index is 12.6. The highest BCUT2D eigenvalue weighted by Gasteiger charge is 2.30. The molecule has 0 saturated carbocycles. The average Bonchev–Trinajstić information content (AvgIpc) is 2.64. The molecule has 0 aliphatic carbocycles. The Morgan fingerprint density at radius 1 is 0.621 bits per heavy atom. The number of benzene rings is 2. The van der Waals surface area contributed by atoms with E-state index in [1.807, 2.05) is 0 Å². The van der Waals surface area contributed by atoms with Crippen LogP contribution in [-0.2, 0) is 12.4 Å². The number of nitrogens with zero attached hydrogens (tertiary/aromatic N) is 2. The van der Waals surface area contributed by atoms with Gasteiger partial charge in [-0.1, -0.05) is 0 Å². The standard InChI is InChI=1S/C18H13F6N5/c19-17(20,21)10-1-5-12(6-2-10)28-15-14(25)16(27-9-26-15)29-13-7-3-11(4-8-13)18(22,23)24/h1-9H,25H2,(H2,26,27,28,29). The van der Waals surface area contributed by atoms with E-state index in [0.29, 0.717) is 11.4 Å². The molecule has 2 aromatic carbocycles. The summed E-state index contributed by atoms with van der Waals surface area (Å²) in [6, 6.07) is 8.48. The van der Waals surface area contributed by atoms with Crippen LogP contribution >= 0.6 is 0 Å². The van der Waals surface area contributed by atoms with E-state index in [1.54, 1.807) is 0 Å². The summed E-state index contributed by atoms with van der Waals surface area (Å²) < 4.78 is 75.8. The van der Waals surface area contributed by atoms with E-state index in [9.17, 15) is 26.3 Å². The SMILES string of the molecule is Nc1c(Nc2ccc(C(F)(F)F)cc2)ncnc1Nc1ccc(C(F)(F)F)cc1. The first kappa shape index (κ1) is 20.2. The van der Waals surface area contributed by atoms with E-state index >= 15 is 0 Å². The smallest absolute Gasteiger partial charge is 0.393 e. The molecule has 0 aliphatic rings. The molecule has 1 heterocycles. The van der Waals surface area contributed by atoms with Crippen molar-refractivity contribution in [2.24, 2.45) is 0 Å². The molecule has 0 atom stereocenters. The van der Waals surface area contributed by atoms with Crippen LogP contribution in [0.15, 0.2) is 54.9 Å². The quantitative estimate of drug-likeness (QED) is 0.487. The lowest BCUT2D eigenvalue weighted by molar-refractivity contribution is -0.138. The predicted octanol–water partition coefficient (Wildman–Crippen LogP) is 5.58. The van der Waals surface area contributed by atoms with Crippen molar-refractivity contribution in [1.82, 2.24) is 9.97 Å². The van der Waals surface area contributed by atoms with Crippen molar-refractivity contribution >= 4 is 28.7 Å². The molecule has 0 amide bonds. The minimum atomic E-state index is -4.45. The van der Waals surface area contributed by atoms with Gasteiger partial charge in [-0.2, -0.15) is 26.3 Å². The summed E-state index contributed by atoms with van der Waals surface area (Å²) in [7, 11) is 0. The van der Waals surface area contributed by atoms with Gasteiger partial charge in [-0.15, -0.1) is 0 Å². The number of aromatic nitrogens is 2. The molecule has 152 valence electrons. The van der Waals surface area contributed by atoms with Gasteiger partial charge in [0.15, 0.2) is 11.6 Å². The van der Waals surface area contributed by atoms with Crippen LogP contribution in [0.1, 0.15) is 11.1 Å². The Balaban J connectivity index is 1.77. The number of nitrogens with one attached hydrogen (secondary N) is 2. The van der Waals surface area contributed by atoms with Crippen molar-refractivity contribution in [2.45, 2.75) is 12.4 Å². The van der Waals surface area contributed by atoms with Crippen molar-refractivity contribution < 1.29 is 26.3 Å². The maximum absolute atomic E-state index is 12.6. The summed E-state index contributed by atoms with van der Waals surface area (Å²) >= 11 is 0. The Kier molecular flexibility index (Phi) is 5.23. The lowest BCUT2D eigenvalue weighted by Gasteiger charge is -2.14. The van der Waals surface area contributed by atoms with E-state index in [-0.39, 0.29) is 17.3 Å². The van der Waals surface area contributed by atoms with Crippen molar-refractivity contribution in [2.75, 3.05) is 16.4 Å². The van der Waals surface area contributed by atoms with Gasteiger partial charge in [-0.25, -0.2) is 9.97 Å². The average molecular weight is 413 g/mol. The lowest BCUT2D eigenvalue weighted by atomic mass is 10.2. The molecule has 0 radical (unpaired) electrons. The number of nitrogens with two attached hydrogens (primary N) is 1. The second-order valence-corrected chi connectivity index (χ2v) is 5.88. The molecule has 29 heavy (non-hydrogen) atoms. The van der Waals surface area contributed by atoms with Crippen LogP contribution in [-0.4, -0.2) is 9.97 Å². The molecule has 3 rings (SSSR count). The van der Waals surface area contributed by atoms with E-state index in [2.05, 4.69) is 20.6 Å². The van der Waals surface area contributed by atoms with Crippen LogP contribution in [0.5, 0.6) is 0 Å². The Morgan fingerprint density at radius 2 is 0.966 bits per heavy atom. The molecule has 3 aromatic rings. The first-order chi connectivity index (χ1) is 13.5. The Labute approximate surface area is 160 Å². The van der Waals surface area contributed by atoms with Gasteiger partial charge in [0.1, 0.15) is 12.0 Å². The van der Waals surface area contributed by atoms with Crippen molar-refractivity contribution in [1.29, 1.82) is 0 Å². The number of hydrogen-bond donors (Lipinski definition) is 3. The topological polar surface area (TPSA) is 75.9 Å². The van der Waals surface area contributed by atoms with Gasteiger partial charge >= 0.3 is 12.4 Å². The maximum Gasteiger partial charge on any atom is 0.416 e. The zero-order chi connectivity index (χ0) is 21.2. The van der Waals surface area contributed by atoms with Gasteiger partial charge in [-0.05, 0) is 48.5 Å². The third-order valence-electron chi connectivity index (χ3n) is 3.83. The number of alkyl halides is 6. The normalized spacial score (nSPS) is 11.9. The predicted molar refractivity (Wildman–Crippen MR) is 95.9 cm³/mol. The van der Waals surface area contributed by atoms with Gasteiger partial charge in [0.25, 0.3) is 0 Å². The molecule has 0 saturated heterocycles. The fraction of sp³-hybridized carbons (Fsp3) is 0.111. The van der Waals surface area contributed by atoms with E-state index in [0.717, 1.165) is 30.6 Å². The molecule has 0 bridgehead atoms. The molecule has 0 aliphatic heterocycles. The Morgan fingerprint density at radius 3 is 1.28 bits per heavy atom. The number of halogens is 6. The van der Waals surface area contributed by atoms with Crippen LogP contribution in [0.4, 0.5) is 55.0 Å². The number of anilines is 5. The van der Waals surface area contributed by atoms with E-state index in [4.69, 9.17) is 5.73 Å². The molecule has 4 N–H and O–H groups in total. The zero-order valence-electron chi connectivity index (χ0n) is 14.4. The summed E-state index contributed by atoms with van der Waals surface area (Å²) in [6.07, 6.45) is -7.76. The monoisotopic (exact) mass is 413 g/mol. The second kappa shape index (κ2) is 7.49. The molecule has 11 heteroatoms. The molecule has 0 unspecified atom stereocenters. The first-order valence-electron chi connectivity index (χ1n) is 8.03. The van der Waals surface area contributed by atoms with Crippen LogP contribution in [0.3, 0.4) is 0 Å². The van der Waals surface area contributed by atoms with Crippen molar-refractivity contribution in [3.8, 4) is 0 Å². The summed E-state index contributed by atoms with van der Waals surface area (Å²) in [5, 5.41) is 5.55. The van der Waals surface area contributed by atoms with Crippen LogP contribution in [0, 0.1) is 0 Å². The van der Waals surface area contributed by atoms with Crippen LogP contribution in [0.2, 0.25) is 0 Å². The minimum absolute atomic E-state index is 0.0345. The Bertz CT molecular complexity index is 904. The number of rotatable bonds is 4. The third-order valence-corrected chi connectivity index (χ3v) is 3.83. The van der Waals surface area contributed by atoms with Gasteiger partial charge in [0, 0.05) is 11.4 Å². The fourth-order valence-electron chi connectivity index (χ4n) is 2.35. The number of nitrogen functional groups attached to an aromatic ring is 1. The van der Waals surface area contributed by atoms with Crippen LogP contribution in [0.25, 0.3) is 0 Å². The summed E-state index contributed by atoms with van der Waals surface area (Å²) in [5.41, 5.74) is 5.02. The van der Waals surface area contributed by atoms with Crippen molar-refractivity contribution in [3.63, 3.8) is 0 Å². The highest BCUT2D eigenvalue weighted by Crippen LogP contribution is 2.33. The van der Waals surface area contributed by atoms with Gasteiger partial charge in [-0.3, -0.25) is 0 Å². The summed E-state index contributed by atoms with van der Waals surface area (Å²) in [5.74, 6) is 0.239. The van der Waals surface area contributed by atoms with E-state index < -0.39 is 23.5 Å². The minimum Gasteiger partial charge on any atom is -0.393 e. The van der Waals surface area contributed by atoms with Crippen molar-refractivity contribution in [3.05, 3.63) is 66.0 Å². The molecule has 1 aromatic heterocycles. The molecular formula is C18H13F6N5. The third kappa shape index (κ3) is 4.86. The van der Waals surface area contributed by atoms with Crippen LogP contribution < -0.4 is 16.4 Å². The largest absolute Gasteiger partial charge is 0.416 e. The highest BCUT2D eigenvalue weighted by atomic mass is 19.4. The molecular weight excluding hydrogens is 400 g/mol. The molecule has 0 fully saturated rings. The lowest BCUT2D eigenvalue weighted by Crippen LogP contribution is -2.07. The summed E-state index contributed by atoms with van der Waals surface area (Å²) in [4.78, 5) is 7.87. The van der Waals surface area contributed by atoms with E-state index in [1.165, 1.54) is 24.3 Å². The highest BCUT2D eigenvalue weighted by molar-refractivity contribution is 5.80. The summed E-state index contributed by atoms with van der Waals surface area (Å²) in [6.45, 7) is 0. The zero-order valence-corrected chi connectivity index (χ0v) is 14.4. The Hall–Kier alpha value is -3.50. The van der Waals surface area contributed by atoms with Gasteiger partial charge < -0.3 is 16.4 Å². The van der Waals surface area contributed by atoms with Gasteiger partial charge in [0.2, 0.25) is 0 Å². The second-order valence-electron chi connectivity index (χ2n) is 5.88. The van der Waals surface area contributed by atoms with Gasteiger partial charge in [0.05, 0.1) is 11.1 Å². The first-order valence-corrected chi connectivity index (χ1v) is 8.03.